The van der Waals surface area contributed by atoms with Gasteiger partial charge in [0.15, 0.2) is 15.0 Å². The fourth-order valence-corrected chi connectivity index (χ4v) is 5.84. The molecule has 31 heavy (non-hydrogen) atoms. The van der Waals surface area contributed by atoms with Gasteiger partial charge in [-0.25, -0.2) is 18.2 Å². The van der Waals surface area contributed by atoms with E-state index in [0.29, 0.717) is 23.1 Å². The van der Waals surface area contributed by atoms with E-state index in [1.807, 2.05) is 17.5 Å². The van der Waals surface area contributed by atoms with Gasteiger partial charge in [-0.15, -0.1) is 11.3 Å². The van der Waals surface area contributed by atoms with Crippen LogP contribution in [-0.4, -0.2) is 72.3 Å². The van der Waals surface area contributed by atoms with Crippen molar-refractivity contribution in [2.24, 2.45) is 0 Å². The molecule has 0 unspecified atom stereocenters. The van der Waals surface area contributed by atoms with Crippen molar-refractivity contribution in [2.75, 3.05) is 36.5 Å². The van der Waals surface area contributed by atoms with Gasteiger partial charge in [0.25, 0.3) is 0 Å². The van der Waals surface area contributed by atoms with Gasteiger partial charge in [-0.3, -0.25) is 4.79 Å². The number of benzene rings is 1. The lowest BCUT2D eigenvalue weighted by atomic mass is 10.0. The van der Waals surface area contributed by atoms with Crippen molar-refractivity contribution in [2.45, 2.75) is 25.3 Å². The van der Waals surface area contributed by atoms with Crippen LogP contribution in [0.15, 0.2) is 29.6 Å². The second kappa shape index (κ2) is 9.13. The normalized spacial score (nSPS) is 21.0. The van der Waals surface area contributed by atoms with E-state index in [1.54, 1.807) is 17.0 Å². The first-order valence-corrected chi connectivity index (χ1v) is 13.2. The van der Waals surface area contributed by atoms with Crippen LogP contribution in [0.5, 0.6) is 0 Å². The molecule has 0 spiro atoms. The number of amides is 3. The maximum Gasteiger partial charge on any atom is 0.320 e. The van der Waals surface area contributed by atoms with Crippen LogP contribution in [0, 0.1) is 0 Å². The van der Waals surface area contributed by atoms with E-state index in [2.05, 4.69) is 10.3 Å². The Hall–Kier alpha value is -2.17. The summed E-state index contributed by atoms with van der Waals surface area (Å²) in [7, 11) is -3.08. The zero-order valence-electron chi connectivity index (χ0n) is 16.8. The number of halogens is 1. The molecule has 0 radical (unpaired) electrons. The van der Waals surface area contributed by atoms with E-state index >= 15 is 0 Å². The van der Waals surface area contributed by atoms with Gasteiger partial charge in [0, 0.05) is 35.6 Å². The lowest BCUT2D eigenvalue weighted by molar-refractivity contribution is -0.121. The number of urea groups is 1. The molecule has 8 nitrogen and oxygen atoms in total. The average Bonchev–Trinajstić information content (AvgIpc) is 3.22. The van der Waals surface area contributed by atoms with Gasteiger partial charge in [-0.1, -0.05) is 23.7 Å². The first-order chi connectivity index (χ1) is 14.8. The number of thiazole rings is 1. The number of piperidine rings is 1. The molecule has 2 saturated heterocycles. The summed E-state index contributed by atoms with van der Waals surface area (Å²) >= 11 is 7.25. The summed E-state index contributed by atoms with van der Waals surface area (Å²) < 4.78 is 23.3. The molecular formula is C20H23ClN4O4S2. The fraction of sp³-hybridized carbons (Fsp3) is 0.450. The Labute approximate surface area is 190 Å². The van der Waals surface area contributed by atoms with Crippen molar-refractivity contribution in [3.8, 4) is 11.3 Å². The van der Waals surface area contributed by atoms with Crippen LogP contribution in [0.2, 0.25) is 5.02 Å². The lowest BCUT2D eigenvalue weighted by Crippen LogP contribution is -2.56. The summed E-state index contributed by atoms with van der Waals surface area (Å²) in [5.41, 5.74) is 1.64. The van der Waals surface area contributed by atoms with Crippen molar-refractivity contribution in [3.05, 3.63) is 34.7 Å². The minimum Gasteiger partial charge on any atom is -0.323 e. The van der Waals surface area contributed by atoms with Crippen LogP contribution in [-0.2, 0) is 14.6 Å². The van der Waals surface area contributed by atoms with Crippen LogP contribution >= 0.6 is 22.9 Å². The maximum absolute atomic E-state index is 13.0. The summed E-state index contributed by atoms with van der Waals surface area (Å²) in [5, 5.41) is 5.82. The number of nitrogens with one attached hydrogen (secondary N) is 1. The Morgan fingerprint density at radius 3 is 2.52 bits per heavy atom. The number of sulfone groups is 1. The number of rotatable bonds is 3. The molecule has 1 aromatic heterocycles. The van der Waals surface area contributed by atoms with Gasteiger partial charge in [0.05, 0.1) is 17.2 Å². The number of anilines is 1. The highest BCUT2D eigenvalue weighted by atomic mass is 35.5. The molecule has 11 heteroatoms. The van der Waals surface area contributed by atoms with Crippen LogP contribution in [0.1, 0.15) is 19.3 Å². The quantitative estimate of drug-likeness (QED) is 0.724. The Kier molecular flexibility index (Phi) is 6.49. The maximum atomic E-state index is 13.0. The monoisotopic (exact) mass is 482 g/mol. The molecule has 3 amide bonds. The Bertz CT molecular complexity index is 1060. The van der Waals surface area contributed by atoms with Crippen molar-refractivity contribution in [1.82, 2.24) is 14.8 Å². The molecular weight excluding hydrogens is 460 g/mol. The minimum absolute atomic E-state index is 0.0317. The molecule has 166 valence electrons. The summed E-state index contributed by atoms with van der Waals surface area (Å²) in [6.07, 6.45) is 2.24. The summed E-state index contributed by atoms with van der Waals surface area (Å²) in [6, 6.07) is 6.43. The van der Waals surface area contributed by atoms with Crippen molar-refractivity contribution in [3.63, 3.8) is 0 Å². The number of likely N-dealkylation sites (tertiary alicyclic amines) is 1. The van der Waals surface area contributed by atoms with E-state index < -0.39 is 15.9 Å². The van der Waals surface area contributed by atoms with Crippen LogP contribution < -0.4 is 5.32 Å². The van der Waals surface area contributed by atoms with E-state index in [4.69, 9.17) is 11.6 Å². The number of carbonyl (C=O) groups is 2. The number of hydrogen-bond acceptors (Lipinski definition) is 6. The summed E-state index contributed by atoms with van der Waals surface area (Å²) in [5.74, 6) is -0.332. The number of hydrogen-bond donors (Lipinski definition) is 1. The largest absolute Gasteiger partial charge is 0.323 e. The Morgan fingerprint density at radius 1 is 1.10 bits per heavy atom. The van der Waals surface area contributed by atoms with Crippen LogP contribution in [0.25, 0.3) is 11.3 Å². The third-order valence-corrected chi connectivity index (χ3v) is 8.16. The van der Waals surface area contributed by atoms with Gasteiger partial charge in [-0.05, 0) is 31.4 Å². The van der Waals surface area contributed by atoms with E-state index in [1.165, 1.54) is 16.2 Å². The van der Waals surface area contributed by atoms with Gasteiger partial charge in [-0.2, -0.15) is 0 Å². The molecule has 2 aliphatic heterocycles. The molecule has 1 N–H and O–H groups in total. The summed E-state index contributed by atoms with van der Waals surface area (Å²) in [4.78, 5) is 33.6. The van der Waals surface area contributed by atoms with Gasteiger partial charge in [0.1, 0.15) is 6.04 Å². The Morgan fingerprint density at radius 2 is 1.81 bits per heavy atom. The molecule has 0 bridgehead atoms. The van der Waals surface area contributed by atoms with E-state index in [0.717, 1.165) is 24.1 Å². The fourth-order valence-electron chi connectivity index (χ4n) is 3.79. The lowest BCUT2D eigenvalue weighted by Gasteiger charge is -2.39. The highest BCUT2D eigenvalue weighted by Gasteiger charge is 2.36. The molecule has 4 rings (SSSR count). The van der Waals surface area contributed by atoms with E-state index in [-0.39, 0.29) is 36.5 Å². The molecule has 1 atom stereocenters. The molecule has 2 aromatic rings. The first-order valence-electron chi connectivity index (χ1n) is 10.1. The van der Waals surface area contributed by atoms with Gasteiger partial charge in [0.2, 0.25) is 5.91 Å². The Balaban J connectivity index is 1.43. The average molecular weight is 483 g/mol. The molecule has 2 fully saturated rings. The van der Waals surface area contributed by atoms with Crippen molar-refractivity contribution in [1.29, 1.82) is 0 Å². The molecule has 0 aliphatic carbocycles. The number of nitrogens with zero attached hydrogens (tertiary/aromatic N) is 3. The number of aromatic nitrogens is 1. The zero-order chi connectivity index (χ0) is 22.0. The molecule has 2 aliphatic rings. The van der Waals surface area contributed by atoms with Crippen LogP contribution in [0.3, 0.4) is 0 Å². The van der Waals surface area contributed by atoms with Gasteiger partial charge < -0.3 is 15.1 Å². The predicted molar refractivity (Wildman–Crippen MR) is 121 cm³/mol. The number of carbonyl (C=O) groups excluding carboxylic acids is 2. The third kappa shape index (κ3) is 5.19. The second-order valence-electron chi connectivity index (χ2n) is 7.66. The third-order valence-electron chi connectivity index (χ3n) is 5.54. The van der Waals surface area contributed by atoms with E-state index in [9.17, 15) is 18.0 Å². The smallest absolute Gasteiger partial charge is 0.320 e. The van der Waals surface area contributed by atoms with Crippen molar-refractivity contribution < 1.29 is 18.0 Å². The molecule has 0 saturated carbocycles. The molecule has 1 aromatic carbocycles. The predicted octanol–water partition coefficient (Wildman–Crippen LogP) is 3.11. The van der Waals surface area contributed by atoms with Crippen molar-refractivity contribution >= 4 is 49.8 Å². The summed E-state index contributed by atoms with van der Waals surface area (Å²) in [6.45, 7) is 0.819. The zero-order valence-corrected chi connectivity index (χ0v) is 19.2. The SMILES string of the molecule is O=C(Nc1nc(-c2ccc(Cl)cc2)cs1)[C@@H]1CCCCN1C(=O)N1CCS(=O)(=O)CC1. The standard InChI is InChI=1S/C20H23ClN4O4S2/c21-15-6-4-14(5-7-15)16-13-30-19(22-16)23-18(26)17-3-1-2-8-25(17)20(27)24-9-11-31(28,29)12-10-24/h4-7,13,17H,1-3,8-12H2,(H,22,23,26)/t17-/m0/s1. The topological polar surface area (TPSA) is 99.7 Å². The first kappa shape index (κ1) is 22.0. The van der Waals surface area contributed by atoms with Crippen LogP contribution in [0.4, 0.5) is 9.93 Å². The van der Waals surface area contributed by atoms with Gasteiger partial charge >= 0.3 is 6.03 Å². The minimum atomic E-state index is -3.08. The molecule has 3 heterocycles. The highest BCUT2D eigenvalue weighted by molar-refractivity contribution is 7.91. The second-order valence-corrected chi connectivity index (χ2v) is 11.3. The highest BCUT2D eigenvalue weighted by Crippen LogP contribution is 2.27.